The molecule has 0 bridgehead atoms. The lowest BCUT2D eigenvalue weighted by atomic mass is 10.1. The molecule has 1 aromatic heterocycles. The number of hydrogen-bond donors (Lipinski definition) is 1. The van der Waals surface area contributed by atoms with Crippen LogP contribution in [0.1, 0.15) is 6.92 Å². The average Bonchev–Trinajstić information content (AvgIpc) is 2.39. The summed E-state index contributed by atoms with van der Waals surface area (Å²) >= 11 is 1.85. The first-order valence-corrected chi connectivity index (χ1v) is 7.38. The zero-order valence-corrected chi connectivity index (χ0v) is 11.9. The minimum Gasteiger partial charge on any atom is -0.397 e. The van der Waals surface area contributed by atoms with Crippen LogP contribution >= 0.6 is 11.8 Å². The summed E-state index contributed by atoms with van der Waals surface area (Å²) in [6, 6.07) is 6.59. The predicted molar refractivity (Wildman–Crippen MR) is 82.4 cm³/mol. The van der Waals surface area contributed by atoms with Crippen LogP contribution in [0.3, 0.4) is 0 Å². The van der Waals surface area contributed by atoms with Crippen molar-refractivity contribution in [3.05, 3.63) is 30.6 Å². The van der Waals surface area contributed by atoms with Gasteiger partial charge in [-0.25, -0.2) is 0 Å². The molecule has 2 rings (SSSR count). The van der Waals surface area contributed by atoms with Crippen LogP contribution in [0.5, 0.6) is 0 Å². The Hall–Kier alpha value is -1.42. The molecule has 96 valence electrons. The number of fused-ring (bicyclic) bond motifs is 1. The third kappa shape index (κ3) is 2.38. The number of hydrogen-bond acceptors (Lipinski definition) is 4. The van der Waals surface area contributed by atoms with Crippen LogP contribution in [0, 0.1) is 0 Å². The summed E-state index contributed by atoms with van der Waals surface area (Å²) in [5, 5.41) is 2.16. The molecule has 0 aliphatic carbocycles. The van der Waals surface area contributed by atoms with Crippen LogP contribution in [-0.4, -0.2) is 30.1 Å². The third-order valence-electron chi connectivity index (χ3n) is 3.29. The number of rotatable bonds is 4. The minimum atomic E-state index is 0.460. The quantitative estimate of drug-likeness (QED) is 0.859. The molecule has 1 unspecified atom stereocenters. The molecule has 0 saturated heterocycles. The van der Waals surface area contributed by atoms with Gasteiger partial charge in [-0.3, -0.25) is 4.98 Å². The van der Waals surface area contributed by atoms with Gasteiger partial charge in [0.05, 0.1) is 11.4 Å². The summed E-state index contributed by atoms with van der Waals surface area (Å²) < 4.78 is 0. The first kappa shape index (κ1) is 13.0. The maximum atomic E-state index is 6.28. The van der Waals surface area contributed by atoms with E-state index in [1.54, 1.807) is 6.20 Å². The Morgan fingerprint density at radius 2 is 2.17 bits per heavy atom. The van der Waals surface area contributed by atoms with Crippen molar-refractivity contribution in [3.8, 4) is 0 Å². The second-order valence-corrected chi connectivity index (χ2v) is 5.42. The number of pyridine rings is 1. The van der Waals surface area contributed by atoms with Crippen molar-refractivity contribution in [1.29, 1.82) is 0 Å². The van der Waals surface area contributed by atoms with Crippen molar-refractivity contribution < 1.29 is 0 Å². The molecule has 1 heterocycles. The van der Waals surface area contributed by atoms with E-state index >= 15 is 0 Å². The smallest absolute Gasteiger partial charge is 0.0632 e. The van der Waals surface area contributed by atoms with Crippen LogP contribution in [0.25, 0.3) is 10.8 Å². The number of aromatic nitrogens is 1. The minimum absolute atomic E-state index is 0.460. The summed E-state index contributed by atoms with van der Waals surface area (Å²) in [7, 11) is 2.10. The fourth-order valence-electron chi connectivity index (χ4n) is 2.08. The zero-order chi connectivity index (χ0) is 13.1. The molecule has 0 spiro atoms. The molecule has 0 amide bonds. The molecule has 2 N–H and O–H groups in total. The molecular weight excluding hydrogens is 242 g/mol. The molecular formula is C14H19N3S. The van der Waals surface area contributed by atoms with Gasteiger partial charge in [-0.2, -0.15) is 11.8 Å². The molecule has 0 fully saturated rings. The summed E-state index contributed by atoms with van der Waals surface area (Å²) in [6.45, 7) is 2.21. The Bertz CT molecular complexity index is 542. The Kier molecular flexibility index (Phi) is 3.97. The second-order valence-electron chi connectivity index (χ2n) is 4.51. The number of benzene rings is 1. The maximum Gasteiger partial charge on any atom is 0.0632 e. The van der Waals surface area contributed by atoms with E-state index in [1.807, 2.05) is 24.0 Å². The molecule has 3 nitrogen and oxygen atoms in total. The van der Waals surface area contributed by atoms with E-state index in [1.165, 1.54) is 0 Å². The summed E-state index contributed by atoms with van der Waals surface area (Å²) in [4.78, 5) is 6.36. The van der Waals surface area contributed by atoms with Gasteiger partial charge in [0.2, 0.25) is 0 Å². The number of nitrogens with zero attached hydrogens (tertiary/aromatic N) is 2. The zero-order valence-electron chi connectivity index (χ0n) is 11.1. The number of nitrogen functional groups attached to an aromatic ring is 1. The van der Waals surface area contributed by atoms with Gasteiger partial charge >= 0.3 is 0 Å². The Labute approximate surface area is 112 Å². The van der Waals surface area contributed by atoms with Gasteiger partial charge in [-0.15, -0.1) is 0 Å². The summed E-state index contributed by atoms with van der Waals surface area (Å²) in [6.07, 6.45) is 5.76. The average molecular weight is 261 g/mol. The van der Waals surface area contributed by atoms with Crippen molar-refractivity contribution in [2.24, 2.45) is 0 Å². The standard InChI is InChI=1S/C14H19N3S/c1-10(9-18-3)17(2)13-5-4-11-8-16-7-6-12(11)14(13)15/h4-8,10H,9,15H2,1-3H3. The lowest BCUT2D eigenvalue weighted by molar-refractivity contribution is 0.767. The molecule has 1 atom stereocenters. The highest BCUT2D eigenvalue weighted by Crippen LogP contribution is 2.31. The largest absolute Gasteiger partial charge is 0.397 e. The first-order chi connectivity index (χ1) is 8.65. The fraction of sp³-hybridized carbons (Fsp3) is 0.357. The van der Waals surface area contributed by atoms with E-state index in [2.05, 4.69) is 42.2 Å². The van der Waals surface area contributed by atoms with Crippen molar-refractivity contribution in [2.75, 3.05) is 29.7 Å². The van der Waals surface area contributed by atoms with Crippen LogP contribution in [0.4, 0.5) is 11.4 Å². The van der Waals surface area contributed by atoms with Crippen LogP contribution < -0.4 is 10.6 Å². The van der Waals surface area contributed by atoms with E-state index in [4.69, 9.17) is 5.73 Å². The molecule has 0 aliphatic heterocycles. The SMILES string of the molecule is CSCC(C)N(C)c1ccc2cnccc2c1N. The molecule has 0 radical (unpaired) electrons. The number of nitrogens with two attached hydrogens (primary N) is 1. The maximum absolute atomic E-state index is 6.28. The Morgan fingerprint density at radius 1 is 1.39 bits per heavy atom. The number of anilines is 2. The van der Waals surface area contributed by atoms with E-state index in [-0.39, 0.29) is 0 Å². The monoisotopic (exact) mass is 261 g/mol. The van der Waals surface area contributed by atoms with Crippen molar-refractivity contribution in [3.63, 3.8) is 0 Å². The molecule has 18 heavy (non-hydrogen) atoms. The molecule has 4 heteroatoms. The van der Waals surface area contributed by atoms with Gasteiger partial charge in [-0.05, 0) is 25.3 Å². The van der Waals surface area contributed by atoms with Gasteiger partial charge in [0.15, 0.2) is 0 Å². The molecule has 1 aromatic carbocycles. The highest BCUT2D eigenvalue weighted by Gasteiger charge is 2.13. The van der Waals surface area contributed by atoms with Gasteiger partial charge in [0, 0.05) is 42.0 Å². The topological polar surface area (TPSA) is 42.2 Å². The highest BCUT2D eigenvalue weighted by molar-refractivity contribution is 7.98. The van der Waals surface area contributed by atoms with Crippen LogP contribution in [0.2, 0.25) is 0 Å². The van der Waals surface area contributed by atoms with Crippen LogP contribution in [0.15, 0.2) is 30.6 Å². The van der Waals surface area contributed by atoms with E-state index in [9.17, 15) is 0 Å². The lowest BCUT2D eigenvalue weighted by Gasteiger charge is -2.28. The molecule has 0 aliphatic rings. The van der Waals surface area contributed by atoms with Crippen LogP contribution in [-0.2, 0) is 0 Å². The van der Waals surface area contributed by atoms with Crippen molar-refractivity contribution in [1.82, 2.24) is 4.98 Å². The summed E-state index contributed by atoms with van der Waals surface area (Å²) in [5.41, 5.74) is 8.21. The van der Waals surface area contributed by atoms with E-state index < -0.39 is 0 Å². The first-order valence-electron chi connectivity index (χ1n) is 5.99. The van der Waals surface area contributed by atoms with Crippen molar-refractivity contribution in [2.45, 2.75) is 13.0 Å². The van der Waals surface area contributed by atoms with Gasteiger partial charge < -0.3 is 10.6 Å². The summed E-state index contributed by atoms with van der Waals surface area (Å²) in [5.74, 6) is 1.09. The lowest BCUT2D eigenvalue weighted by Crippen LogP contribution is -2.31. The fourth-order valence-corrected chi connectivity index (χ4v) is 2.79. The van der Waals surface area contributed by atoms with Gasteiger partial charge in [0.25, 0.3) is 0 Å². The molecule has 2 aromatic rings. The highest BCUT2D eigenvalue weighted by atomic mass is 32.2. The normalized spacial score (nSPS) is 12.6. The molecule has 0 saturated carbocycles. The van der Waals surface area contributed by atoms with E-state index in [0.29, 0.717) is 6.04 Å². The predicted octanol–water partition coefficient (Wildman–Crippen LogP) is 3.00. The second kappa shape index (κ2) is 5.48. The van der Waals surface area contributed by atoms with E-state index in [0.717, 1.165) is 27.9 Å². The Morgan fingerprint density at radius 3 is 2.89 bits per heavy atom. The van der Waals surface area contributed by atoms with Gasteiger partial charge in [0.1, 0.15) is 0 Å². The Balaban J connectivity index is 2.42. The third-order valence-corrected chi connectivity index (χ3v) is 4.10. The van der Waals surface area contributed by atoms with Crippen molar-refractivity contribution >= 4 is 33.9 Å². The number of thioether (sulfide) groups is 1. The van der Waals surface area contributed by atoms with Gasteiger partial charge in [-0.1, -0.05) is 6.07 Å².